The number of amidine groups is 1. The monoisotopic (exact) mass is 175 g/mol. The molecular weight excluding hydrogens is 160 g/mol. The van der Waals surface area contributed by atoms with Crippen LogP contribution in [0.15, 0.2) is 0 Å². The van der Waals surface area contributed by atoms with Gasteiger partial charge in [0.1, 0.15) is 0 Å². The lowest BCUT2D eigenvalue weighted by atomic mass is 10.1. The third-order valence-electron chi connectivity index (χ3n) is 1.99. The molecule has 0 amide bonds. The van der Waals surface area contributed by atoms with Crippen LogP contribution in [0.4, 0.5) is 0 Å². The Morgan fingerprint density at radius 1 is 1.18 bits per heavy atom. The average Bonchev–Trinajstić information content (AvgIpc) is 2.05. The van der Waals surface area contributed by atoms with Gasteiger partial charge >= 0.3 is 5.29 Å². The first-order chi connectivity index (χ1) is 5.22. The molecule has 0 radical (unpaired) electrons. The molecule has 1 rings (SSSR count). The molecule has 1 aliphatic rings. The van der Waals surface area contributed by atoms with Crippen LogP contribution in [0.25, 0.3) is 0 Å². The fraction of sp³-hybridized carbons (Fsp3) is 0.875. The largest absolute Gasteiger partial charge is 0.344 e. The van der Waals surface area contributed by atoms with E-state index in [-0.39, 0.29) is 0 Å². The molecule has 1 fully saturated rings. The Kier molecular flexibility index (Phi) is 3.18. The van der Waals surface area contributed by atoms with Crippen molar-refractivity contribution in [2.24, 2.45) is 0 Å². The Morgan fingerprint density at radius 2 is 1.73 bits per heavy atom. The predicted molar refractivity (Wildman–Crippen MR) is 48.4 cm³/mol. The second-order valence-corrected chi connectivity index (χ2v) is 3.55. The molecule has 1 saturated heterocycles. The molecule has 0 N–H and O–H groups in total. The topological polar surface area (TPSA) is 6.25 Å². The van der Waals surface area contributed by atoms with E-state index in [1.807, 2.05) is 18.7 Å². The highest BCUT2D eigenvalue weighted by Crippen LogP contribution is 2.10. The number of piperidine rings is 1. The van der Waals surface area contributed by atoms with Gasteiger partial charge in [0.2, 0.25) is 0 Å². The van der Waals surface area contributed by atoms with Gasteiger partial charge in [-0.15, -0.1) is 0 Å². The molecule has 2 nitrogen and oxygen atoms in total. The molecule has 0 aliphatic carbocycles. The molecule has 1 aliphatic heterocycles. The van der Waals surface area contributed by atoms with E-state index in [4.69, 9.17) is 11.6 Å². The van der Waals surface area contributed by atoms with Crippen molar-refractivity contribution in [3.05, 3.63) is 0 Å². The van der Waals surface area contributed by atoms with E-state index in [0.717, 1.165) is 18.4 Å². The van der Waals surface area contributed by atoms with Gasteiger partial charge in [0.15, 0.2) is 0 Å². The minimum Gasteiger partial charge on any atom is -0.257 e. The van der Waals surface area contributed by atoms with Crippen molar-refractivity contribution in [3.8, 4) is 0 Å². The first-order valence-electron chi connectivity index (χ1n) is 4.16. The van der Waals surface area contributed by atoms with E-state index in [1.54, 1.807) is 0 Å². The van der Waals surface area contributed by atoms with Crippen molar-refractivity contribution < 1.29 is 4.58 Å². The highest BCUT2D eigenvalue weighted by Gasteiger charge is 2.20. The Labute approximate surface area is 73.5 Å². The lowest BCUT2D eigenvalue weighted by Gasteiger charge is -2.20. The Balaban J connectivity index is 2.52. The molecule has 0 unspecified atom stereocenters. The SMILES string of the molecule is C[N+](C)=C(Cl)N1CCCCC1. The number of hydrogen-bond acceptors (Lipinski definition) is 0. The van der Waals surface area contributed by atoms with Crippen LogP contribution in [0.3, 0.4) is 0 Å². The second-order valence-electron chi connectivity index (χ2n) is 3.21. The maximum atomic E-state index is 6.06. The van der Waals surface area contributed by atoms with E-state index in [9.17, 15) is 0 Å². The fourth-order valence-corrected chi connectivity index (χ4v) is 1.53. The zero-order chi connectivity index (χ0) is 8.27. The van der Waals surface area contributed by atoms with Crippen LogP contribution in [-0.2, 0) is 0 Å². The number of rotatable bonds is 0. The van der Waals surface area contributed by atoms with Crippen LogP contribution >= 0.6 is 11.6 Å². The quantitative estimate of drug-likeness (QED) is 0.233. The summed E-state index contributed by atoms with van der Waals surface area (Å²) < 4.78 is 1.97. The van der Waals surface area contributed by atoms with Crippen LogP contribution in [0.1, 0.15) is 19.3 Å². The summed E-state index contributed by atoms with van der Waals surface area (Å²) in [6.07, 6.45) is 3.92. The van der Waals surface area contributed by atoms with Crippen molar-refractivity contribution in [1.82, 2.24) is 4.90 Å². The lowest BCUT2D eigenvalue weighted by molar-refractivity contribution is -0.467. The summed E-state index contributed by atoms with van der Waals surface area (Å²) in [7, 11) is 3.97. The van der Waals surface area contributed by atoms with Crippen LogP contribution < -0.4 is 0 Å². The first-order valence-corrected chi connectivity index (χ1v) is 4.54. The number of hydrogen-bond donors (Lipinski definition) is 0. The normalized spacial score (nSPS) is 18.3. The summed E-state index contributed by atoms with van der Waals surface area (Å²) >= 11 is 6.06. The van der Waals surface area contributed by atoms with Crippen LogP contribution in [0, 0.1) is 0 Å². The summed E-state index contributed by atoms with van der Waals surface area (Å²) in [4.78, 5) is 2.24. The zero-order valence-electron chi connectivity index (χ0n) is 7.31. The van der Waals surface area contributed by atoms with Gasteiger partial charge in [-0.1, -0.05) is 0 Å². The minimum atomic E-state index is 0.879. The van der Waals surface area contributed by atoms with Gasteiger partial charge in [0.05, 0.1) is 27.2 Å². The molecular formula is C8H16ClN2+. The summed E-state index contributed by atoms with van der Waals surface area (Å²) in [5.41, 5.74) is 0. The summed E-state index contributed by atoms with van der Waals surface area (Å²) in [5.74, 6) is 0. The molecule has 1 heterocycles. The van der Waals surface area contributed by atoms with E-state index in [0.29, 0.717) is 0 Å². The Bertz CT molecular complexity index is 155. The van der Waals surface area contributed by atoms with Gasteiger partial charge in [-0.3, -0.25) is 9.48 Å². The third kappa shape index (κ3) is 2.37. The molecule has 0 aromatic rings. The van der Waals surface area contributed by atoms with Gasteiger partial charge in [-0.05, 0) is 19.3 Å². The fourth-order valence-electron chi connectivity index (χ4n) is 1.36. The van der Waals surface area contributed by atoms with Gasteiger partial charge in [0.25, 0.3) is 0 Å². The van der Waals surface area contributed by atoms with E-state index in [1.165, 1.54) is 19.3 Å². The Morgan fingerprint density at radius 3 is 2.18 bits per heavy atom. The van der Waals surface area contributed by atoms with E-state index < -0.39 is 0 Å². The molecule has 0 aromatic carbocycles. The first kappa shape index (κ1) is 8.85. The van der Waals surface area contributed by atoms with Crippen molar-refractivity contribution in [2.75, 3.05) is 27.2 Å². The zero-order valence-corrected chi connectivity index (χ0v) is 8.06. The lowest BCUT2D eigenvalue weighted by Crippen LogP contribution is -2.36. The van der Waals surface area contributed by atoms with Crippen molar-refractivity contribution >= 4 is 16.9 Å². The van der Waals surface area contributed by atoms with Crippen molar-refractivity contribution in [2.45, 2.75) is 19.3 Å². The van der Waals surface area contributed by atoms with Crippen molar-refractivity contribution in [1.29, 1.82) is 0 Å². The third-order valence-corrected chi connectivity index (χ3v) is 2.56. The molecule has 0 saturated carbocycles. The Hall–Kier alpha value is -0.240. The van der Waals surface area contributed by atoms with Crippen LogP contribution in [0.5, 0.6) is 0 Å². The molecule has 0 bridgehead atoms. The predicted octanol–water partition coefficient (Wildman–Crippen LogP) is 1.34. The molecule has 11 heavy (non-hydrogen) atoms. The highest BCUT2D eigenvalue weighted by molar-refractivity contribution is 6.63. The number of nitrogens with zero attached hydrogens (tertiary/aromatic N) is 2. The number of halogens is 1. The second kappa shape index (κ2) is 3.96. The molecule has 0 atom stereocenters. The number of likely N-dealkylation sites (tertiary alicyclic amines) is 1. The maximum absolute atomic E-state index is 6.06. The van der Waals surface area contributed by atoms with Gasteiger partial charge in [0, 0.05) is 11.6 Å². The molecule has 64 valence electrons. The molecule has 0 aromatic heterocycles. The van der Waals surface area contributed by atoms with E-state index in [2.05, 4.69) is 4.90 Å². The smallest absolute Gasteiger partial charge is 0.257 e. The minimum absolute atomic E-state index is 0.879. The summed E-state index contributed by atoms with van der Waals surface area (Å²) in [6.45, 7) is 2.24. The standard InChI is InChI=1S/C8H16ClN2/c1-10(2)8(9)11-6-4-3-5-7-11/h3-7H2,1-2H3/q+1. The average molecular weight is 176 g/mol. The van der Waals surface area contributed by atoms with Crippen LogP contribution in [-0.4, -0.2) is 42.0 Å². The van der Waals surface area contributed by atoms with Crippen LogP contribution in [0.2, 0.25) is 0 Å². The van der Waals surface area contributed by atoms with Gasteiger partial charge in [-0.2, -0.15) is 0 Å². The summed E-state index contributed by atoms with van der Waals surface area (Å²) in [6, 6.07) is 0. The maximum Gasteiger partial charge on any atom is 0.344 e. The van der Waals surface area contributed by atoms with E-state index >= 15 is 0 Å². The molecule has 3 heteroatoms. The molecule has 0 spiro atoms. The highest BCUT2D eigenvalue weighted by atomic mass is 35.5. The van der Waals surface area contributed by atoms with Gasteiger partial charge < -0.3 is 0 Å². The van der Waals surface area contributed by atoms with Gasteiger partial charge in [-0.25, -0.2) is 0 Å². The summed E-state index contributed by atoms with van der Waals surface area (Å²) in [5, 5.41) is 0.879. The van der Waals surface area contributed by atoms with Crippen molar-refractivity contribution in [3.63, 3.8) is 0 Å².